The Hall–Kier alpha value is -1.89. The van der Waals surface area contributed by atoms with E-state index < -0.39 is 16.0 Å². The fourth-order valence-electron chi connectivity index (χ4n) is 2.24. The van der Waals surface area contributed by atoms with Gasteiger partial charge in [-0.3, -0.25) is 0 Å². The lowest BCUT2D eigenvalue weighted by atomic mass is 10.2. The number of nitrogens with one attached hydrogen (secondary N) is 1. The lowest BCUT2D eigenvalue weighted by molar-refractivity contribution is 0.0472. The smallest absolute Gasteiger partial charge is 0.338 e. The Balaban J connectivity index is 1.74. The van der Waals surface area contributed by atoms with Gasteiger partial charge in [-0.2, -0.15) is 0 Å². The van der Waals surface area contributed by atoms with Gasteiger partial charge in [-0.15, -0.1) is 0 Å². The van der Waals surface area contributed by atoms with Crippen molar-refractivity contribution in [3.8, 4) is 0 Å². The van der Waals surface area contributed by atoms with Crippen molar-refractivity contribution >= 4 is 27.6 Å². The minimum atomic E-state index is -3.75. The summed E-state index contributed by atoms with van der Waals surface area (Å²) in [5.41, 5.74) is 2.12. The van der Waals surface area contributed by atoms with Gasteiger partial charge in [0.05, 0.1) is 10.6 Å². The second-order valence-corrected chi connectivity index (χ2v) is 8.19. The maximum atomic E-state index is 12.3. The zero-order valence-electron chi connectivity index (χ0n) is 13.7. The Bertz CT molecular complexity index is 890. The van der Waals surface area contributed by atoms with Crippen molar-refractivity contribution in [2.24, 2.45) is 0 Å². The molecule has 0 aliphatic heterocycles. The van der Waals surface area contributed by atoms with Gasteiger partial charge < -0.3 is 4.74 Å². The van der Waals surface area contributed by atoms with Crippen LogP contribution in [0.25, 0.3) is 0 Å². The largest absolute Gasteiger partial charge is 0.457 e. The van der Waals surface area contributed by atoms with E-state index in [1.807, 2.05) is 31.2 Å². The number of carbonyl (C=O) groups is 1. The average molecular weight is 380 g/mol. The number of hydrogen-bond donors (Lipinski definition) is 1. The van der Waals surface area contributed by atoms with Crippen LogP contribution in [0.15, 0.2) is 47.4 Å². The molecule has 1 N–H and O–H groups in total. The van der Waals surface area contributed by atoms with Crippen LogP contribution in [0, 0.1) is 6.92 Å². The number of ether oxygens (including phenoxy) is 1. The molecule has 25 heavy (non-hydrogen) atoms. The lowest BCUT2D eigenvalue weighted by Gasteiger charge is -2.10. The molecule has 1 aliphatic carbocycles. The summed E-state index contributed by atoms with van der Waals surface area (Å²) >= 11 is 6.01. The summed E-state index contributed by atoms with van der Waals surface area (Å²) in [6, 6.07) is 11.7. The highest BCUT2D eigenvalue weighted by Gasteiger charge is 2.29. The van der Waals surface area contributed by atoms with Gasteiger partial charge in [0.25, 0.3) is 0 Å². The second-order valence-electron chi connectivity index (χ2n) is 6.10. The zero-order valence-corrected chi connectivity index (χ0v) is 15.2. The molecule has 2 aromatic rings. The van der Waals surface area contributed by atoms with Crippen LogP contribution < -0.4 is 4.72 Å². The van der Waals surface area contributed by atoms with Gasteiger partial charge in [-0.1, -0.05) is 41.4 Å². The molecule has 2 aromatic carbocycles. The molecule has 1 saturated carbocycles. The summed E-state index contributed by atoms with van der Waals surface area (Å²) in [7, 11) is -3.75. The Morgan fingerprint density at radius 2 is 1.88 bits per heavy atom. The van der Waals surface area contributed by atoms with E-state index >= 15 is 0 Å². The lowest BCUT2D eigenvalue weighted by Crippen LogP contribution is -2.26. The van der Waals surface area contributed by atoms with E-state index in [-0.39, 0.29) is 28.1 Å². The van der Waals surface area contributed by atoms with E-state index in [4.69, 9.17) is 16.3 Å². The van der Waals surface area contributed by atoms with Gasteiger partial charge in [-0.25, -0.2) is 17.9 Å². The van der Waals surface area contributed by atoms with E-state index in [0.717, 1.165) is 24.0 Å². The van der Waals surface area contributed by atoms with Crippen LogP contribution >= 0.6 is 11.6 Å². The number of rotatable bonds is 6. The highest BCUT2D eigenvalue weighted by molar-refractivity contribution is 7.89. The van der Waals surface area contributed by atoms with Gasteiger partial charge in [0, 0.05) is 6.04 Å². The molecule has 132 valence electrons. The van der Waals surface area contributed by atoms with Gasteiger partial charge in [-0.05, 0) is 43.5 Å². The van der Waals surface area contributed by atoms with E-state index in [1.165, 1.54) is 18.2 Å². The fourth-order valence-corrected chi connectivity index (χ4v) is 4.07. The van der Waals surface area contributed by atoms with E-state index in [2.05, 4.69) is 4.72 Å². The first-order chi connectivity index (χ1) is 11.8. The fraction of sp³-hybridized carbons (Fsp3) is 0.278. The second kappa shape index (κ2) is 7.15. The maximum absolute atomic E-state index is 12.3. The predicted octanol–water partition coefficient (Wildman–Crippen LogP) is 3.45. The van der Waals surface area contributed by atoms with Crippen molar-refractivity contribution in [1.82, 2.24) is 4.72 Å². The predicted molar refractivity (Wildman–Crippen MR) is 95.1 cm³/mol. The third kappa shape index (κ3) is 4.60. The van der Waals surface area contributed by atoms with Crippen LogP contribution in [0.5, 0.6) is 0 Å². The summed E-state index contributed by atoms with van der Waals surface area (Å²) in [6.07, 6.45) is 1.63. The van der Waals surface area contributed by atoms with Gasteiger partial charge in [0.2, 0.25) is 10.0 Å². The topological polar surface area (TPSA) is 72.5 Å². The van der Waals surface area contributed by atoms with E-state index in [1.54, 1.807) is 0 Å². The minimum absolute atomic E-state index is 0.0433. The van der Waals surface area contributed by atoms with Crippen molar-refractivity contribution in [3.05, 3.63) is 64.2 Å². The third-order valence-corrected chi connectivity index (χ3v) is 5.85. The Labute approximate surface area is 152 Å². The molecule has 0 aromatic heterocycles. The van der Waals surface area contributed by atoms with Gasteiger partial charge in [0.15, 0.2) is 0 Å². The van der Waals surface area contributed by atoms with Crippen LogP contribution in [0.4, 0.5) is 0 Å². The molecule has 0 heterocycles. The molecule has 0 saturated heterocycles. The molecule has 1 fully saturated rings. The molecule has 0 bridgehead atoms. The van der Waals surface area contributed by atoms with Crippen molar-refractivity contribution in [2.45, 2.75) is 37.3 Å². The van der Waals surface area contributed by atoms with Crippen LogP contribution in [0.2, 0.25) is 5.02 Å². The van der Waals surface area contributed by atoms with Crippen LogP contribution in [0.1, 0.15) is 34.3 Å². The van der Waals surface area contributed by atoms with Crippen LogP contribution in [-0.2, 0) is 21.4 Å². The Morgan fingerprint density at radius 1 is 1.20 bits per heavy atom. The molecule has 5 nitrogen and oxygen atoms in total. The van der Waals surface area contributed by atoms with Crippen molar-refractivity contribution in [1.29, 1.82) is 0 Å². The monoisotopic (exact) mass is 379 g/mol. The Kier molecular flexibility index (Phi) is 5.13. The number of aryl methyl sites for hydroxylation is 1. The van der Waals surface area contributed by atoms with Crippen LogP contribution in [-0.4, -0.2) is 20.4 Å². The molecule has 0 atom stereocenters. The third-order valence-electron chi connectivity index (χ3n) is 3.85. The summed E-state index contributed by atoms with van der Waals surface area (Å²) in [6.45, 7) is 2.09. The Morgan fingerprint density at radius 3 is 2.52 bits per heavy atom. The standard InChI is InChI=1S/C18H18ClNO4S/c1-12-2-4-13(5-3-12)11-24-18(21)14-6-9-16(19)17(10-14)25(22,23)20-15-7-8-15/h2-6,9-10,15,20H,7-8,11H2,1H3. The quantitative estimate of drug-likeness (QED) is 0.780. The first-order valence-corrected chi connectivity index (χ1v) is 9.76. The molecule has 3 rings (SSSR count). The summed E-state index contributed by atoms with van der Waals surface area (Å²) in [5.74, 6) is -0.597. The summed E-state index contributed by atoms with van der Waals surface area (Å²) in [5, 5.41) is 0.0724. The number of esters is 1. The van der Waals surface area contributed by atoms with Crippen molar-refractivity contribution in [2.75, 3.05) is 0 Å². The molecule has 0 spiro atoms. The first-order valence-electron chi connectivity index (χ1n) is 7.90. The molecular weight excluding hydrogens is 362 g/mol. The molecule has 0 unspecified atom stereocenters. The van der Waals surface area contributed by atoms with E-state index in [9.17, 15) is 13.2 Å². The number of hydrogen-bond acceptors (Lipinski definition) is 4. The number of sulfonamides is 1. The van der Waals surface area contributed by atoms with Crippen molar-refractivity contribution in [3.63, 3.8) is 0 Å². The van der Waals surface area contributed by atoms with Crippen molar-refractivity contribution < 1.29 is 17.9 Å². The summed E-state index contributed by atoms with van der Waals surface area (Å²) < 4.78 is 32.5. The minimum Gasteiger partial charge on any atom is -0.457 e. The molecular formula is C18H18ClNO4S. The highest BCUT2D eigenvalue weighted by Crippen LogP contribution is 2.27. The maximum Gasteiger partial charge on any atom is 0.338 e. The summed E-state index contributed by atoms with van der Waals surface area (Å²) in [4.78, 5) is 12.1. The zero-order chi connectivity index (χ0) is 18.0. The number of benzene rings is 2. The van der Waals surface area contributed by atoms with Gasteiger partial charge in [0.1, 0.15) is 11.5 Å². The molecule has 1 aliphatic rings. The SMILES string of the molecule is Cc1ccc(COC(=O)c2ccc(Cl)c(S(=O)(=O)NC3CC3)c2)cc1. The molecule has 0 amide bonds. The van der Waals surface area contributed by atoms with Crippen LogP contribution in [0.3, 0.4) is 0 Å². The average Bonchev–Trinajstić information content (AvgIpc) is 3.37. The first kappa shape index (κ1) is 17.9. The van der Waals surface area contributed by atoms with E-state index in [0.29, 0.717) is 0 Å². The molecule has 7 heteroatoms. The van der Waals surface area contributed by atoms with Gasteiger partial charge >= 0.3 is 5.97 Å². The highest BCUT2D eigenvalue weighted by atomic mass is 35.5. The molecule has 0 radical (unpaired) electrons. The number of carbonyl (C=O) groups excluding carboxylic acids is 1. The normalized spacial score (nSPS) is 14.3. The number of halogens is 1.